The third kappa shape index (κ3) is 5.67. The number of pyridine rings is 1. The Morgan fingerprint density at radius 3 is 2.03 bits per heavy atom. The molecule has 0 fully saturated rings. The Bertz CT molecular complexity index is 1440. The molecule has 5 aromatic rings. The van der Waals surface area contributed by atoms with Crippen molar-refractivity contribution in [1.29, 1.82) is 0 Å². The van der Waals surface area contributed by atoms with Gasteiger partial charge in [0.2, 0.25) is 0 Å². The summed E-state index contributed by atoms with van der Waals surface area (Å²) in [5.74, 6) is -0.338. The van der Waals surface area contributed by atoms with E-state index in [1.807, 2.05) is 66.7 Å². The van der Waals surface area contributed by atoms with Gasteiger partial charge in [0.25, 0.3) is 11.8 Å². The topological polar surface area (TPSA) is 78.7 Å². The number of nitrogens with one attached hydrogen (secondary N) is 2. The van der Waals surface area contributed by atoms with E-state index in [1.165, 1.54) is 0 Å². The van der Waals surface area contributed by atoms with Crippen molar-refractivity contribution in [1.82, 2.24) is 20.2 Å². The van der Waals surface area contributed by atoms with Crippen molar-refractivity contribution in [2.45, 2.75) is 6.54 Å². The fourth-order valence-corrected chi connectivity index (χ4v) is 4.18. The molecule has 0 atom stereocenters. The number of nitrogens with zero attached hydrogens (tertiary/aromatic N) is 3. The van der Waals surface area contributed by atoms with E-state index in [1.54, 1.807) is 29.0 Å². The van der Waals surface area contributed by atoms with Crippen molar-refractivity contribution < 1.29 is 9.59 Å². The molecule has 0 aliphatic heterocycles. The zero-order valence-electron chi connectivity index (χ0n) is 20.2. The molecule has 2 amide bonds. The first kappa shape index (κ1) is 23.8. The van der Waals surface area contributed by atoms with Gasteiger partial charge < -0.3 is 15.5 Å². The minimum absolute atomic E-state index is 0.145. The zero-order chi connectivity index (χ0) is 25.5. The lowest BCUT2D eigenvalue weighted by atomic mass is 10.1. The monoisotopic (exact) mass is 489 g/mol. The molecule has 0 bridgehead atoms. The summed E-state index contributed by atoms with van der Waals surface area (Å²) < 4.78 is 1.66. The third-order valence-corrected chi connectivity index (χ3v) is 6.08. The van der Waals surface area contributed by atoms with Gasteiger partial charge in [-0.3, -0.25) is 9.59 Å². The predicted molar refractivity (Wildman–Crippen MR) is 145 cm³/mol. The first-order chi connectivity index (χ1) is 18.2. The van der Waals surface area contributed by atoms with Gasteiger partial charge in [-0.1, -0.05) is 54.6 Å². The lowest BCUT2D eigenvalue weighted by molar-refractivity contribution is 0.0944. The molecule has 0 spiro atoms. The Kier molecular flexibility index (Phi) is 7.22. The number of anilines is 2. The van der Waals surface area contributed by atoms with Crippen LogP contribution in [0.2, 0.25) is 0 Å². The van der Waals surface area contributed by atoms with Crippen molar-refractivity contribution in [3.05, 3.63) is 132 Å². The Hall–Kier alpha value is -4.91. The maximum Gasteiger partial charge on any atom is 0.255 e. The highest BCUT2D eigenvalue weighted by molar-refractivity contribution is 6.00. The molecule has 2 aromatic heterocycles. The second kappa shape index (κ2) is 11.2. The Morgan fingerprint density at radius 2 is 1.38 bits per heavy atom. The van der Waals surface area contributed by atoms with Crippen LogP contribution in [0, 0.1) is 0 Å². The summed E-state index contributed by atoms with van der Waals surface area (Å²) in [7, 11) is 0. The van der Waals surface area contributed by atoms with Gasteiger partial charge >= 0.3 is 0 Å². The number of carbonyl (C=O) groups is 2. The molecule has 7 heteroatoms. The second-order valence-corrected chi connectivity index (χ2v) is 8.55. The fourth-order valence-electron chi connectivity index (χ4n) is 4.18. The molecule has 0 aliphatic rings. The quantitative estimate of drug-likeness (QED) is 0.311. The molecule has 184 valence electrons. The molecule has 0 unspecified atom stereocenters. The highest BCUT2D eigenvalue weighted by Gasteiger charge is 2.15. The van der Waals surface area contributed by atoms with Crippen LogP contribution < -0.4 is 15.5 Å². The van der Waals surface area contributed by atoms with Crippen LogP contribution in [0.15, 0.2) is 116 Å². The van der Waals surface area contributed by atoms with Crippen LogP contribution >= 0.6 is 0 Å². The lowest BCUT2D eigenvalue weighted by Crippen LogP contribution is -2.32. The van der Waals surface area contributed by atoms with E-state index in [-0.39, 0.29) is 11.8 Å². The van der Waals surface area contributed by atoms with Gasteiger partial charge in [0.15, 0.2) is 0 Å². The van der Waals surface area contributed by atoms with Crippen LogP contribution in [0.3, 0.4) is 0 Å². The summed E-state index contributed by atoms with van der Waals surface area (Å²) in [6.07, 6.45) is 3.37. The van der Waals surface area contributed by atoms with Crippen molar-refractivity contribution in [2.75, 3.05) is 18.0 Å². The van der Waals surface area contributed by atoms with Crippen LogP contribution in [-0.2, 0) is 6.54 Å². The molecule has 0 radical (unpaired) electrons. The molecule has 2 heterocycles. The van der Waals surface area contributed by atoms with Crippen LogP contribution in [0.5, 0.6) is 0 Å². The number of aromatic nitrogens is 2. The number of para-hydroxylation sites is 2. The minimum Gasteiger partial charge on any atom is -0.350 e. The zero-order valence-corrected chi connectivity index (χ0v) is 20.2. The molecule has 5 rings (SSSR count). The van der Waals surface area contributed by atoms with Gasteiger partial charge in [-0.05, 0) is 54.1 Å². The molecule has 0 saturated heterocycles. The molecule has 2 N–H and O–H groups in total. The average Bonchev–Trinajstić information content (AvgIpc) is 3.39. The molecular formula is C30H27N5O2. The van der Waals surface area contributed by atoms with Crippen LogP contribution in [0.25, 0.3) is 5.52 Å². The Labute approximate surface area is 215 Å². The van der Waals surface area contributed by atoms with E-state index in [4.69, 9.17) is 0 Å². The third-order valence-electron chi connectivity index (χ3n) is 6.08. The lowest BCUT2D eigenvalue weighted by Gasteiger charge is -2.25. The smallest absolute Gasteiger partial charge is 0.255 e. The van der Waals surface area contributed by atoms with Crippen molar-refractivity contribution in [3.8, 4) is 0 Å². The molecule has 0 aliphatic carbocycles. The van der Waals surface area contributed by atoms with Crippen molar-refractivity contribution in [2.24, 2.45) is 0 Å². The number of carbonyl (C=O) groups excluding carboxylic acids is 2. The van der Waals surface area contributed by atoms with E-state index in [2.05, 4.69) is 44.9 Å². The van der Waals surface area contributed by atoms with E-state index in [0.717, 1.165) is 16.9 Å². The Balaban J connectivity index is 1.25. The minimum atomic E-state index is -0.193. The molecule has 7 nitrogen and oxygen atoms in total. The van der Waals surface area contributed by atoms with Crippen LogP contribution in [0.1, 0.15) is 26.3 Å². The second-order valence-electron chi connectivity index (χ2n) is 8.55. The highest BCUT2D eigenvalue weighted by Crippen LogP contribution is 2.24. The largest absolute Gasteiger partial charge is 0.350 e. The van der Waals surface area contributed by atoms with Crippen molar-refractivity contribution in [3.63, 3.8) is 0 Å². The number of amides is 2. The summed E-state index contributed by atoms with van der Waals surface area (Å²) >= 11 is 0. The number of hydrogen-bond donors (Lipinski definition) is 2. The van der Waals surface area contributed by atoms with Gasteiger partial charge in [-0.15, -0.1) is 0 Å². The first-order valence-electron chi connectivity index (χ1n) is 12.1. The number of hydrogen-bond acceptors (Lipinski definition) is 4. The summed E-state index contributed by atoms with van der Waals surface area (Å²) in [4.78, 5) is 27.6. The first-order valence-corrected chi connectivity index (χ1v) is 12.1. The summed E-state index contributed by atoms with van der Waals surface area (Å²) in [5.41, 5.74) is 4.77. The van der Waals surface area contributed by atoms with Gasteiger partial charge in [-0.2, -0.15) is 5.10 Å². The predicted octanol–water partition coefficient (Wildman–Crippen LogP) is 4.83. The summed E-state index contributed by atoms with van der Waals surface area (Å²) in [5, 5.41) is 10.3. The van der Waals surface area contributed by atoms with E-state index >= 15 is 0 Å². The number of benzene rings is 3. The molecule has 0 saturated carbocycles. The highest BCUT2D eigenvalue weighted by atomic mass is 16.2. The van der Waals surface area contributed by atoms with E-state index in [0.29, 0.717) is 36.3 Å². The van der Waals surface area contributed by atoms with E-state index < -0.39 is 0 Å². The standard InChI is InChI=1S/C30H27N5O2/c36-29(24-10-4-1-5-11-24)32-21-23-16-18-35-28(20-23)27(22-33-35)30(37)31-17-19-34(25-12-6-2-7-13-25)26-14-8-3-9-15-26/h1-16,18,20,22H,17,19,21H2,(H,31,37)(H,32,36). The molecule has 3 aromatic carbocycles. The Morgan fingerprint density at radius 1 is 0.757 bits per heavy atom. The maximum atomic E-state index is 13.1. The SMILES string of the molecule is O=C(NCc1ccn2ncc(C(=O)NCCN(c3ccccc3)c3ccccc3)c2c1)c1ccccc1. The molecule has 37 heavy (non-hydrogen) atoms. The normalized spacial score (nSPS) is 10.7. The van der Waals surface area contributed by atoms with E-state index in [9.17, 15) is 9.59 Å². The van der Waals surface area contributed by atoms with Crippen LogP contribution in [-0.4, -0.2) is 34.5 Å². The fraction of sp³-hybridized carbons (Fsp3) is 0.100. The maximum absolute atomic E-state index is 13.1. The average molecular weight is 490 g/mol. The molecular weight excluding hydrogens is 462 g/mol. The van der Waals surface area contributed by atoms with Gasteiger partial charge in [0.1, 0.15) is 0 Å². The van der Waals surface area contributed by atoms with Crippen molar-refractivity contribution >= 4 is 28.7 Å². The van der Waals surface area contributed by atoms with Crippen LogP contribution in [0.4, 0.5) is 11.4 Å². The number of fused-ring (bicyclic) bond motifs is 1. The van der Waals surface area contributed by atoms with Gasteiger partial charge in [0.05, 0.1) is 17.3 Å². The summed E-state index contributed by atoms with van der Waals surface area (Å²) in [6, 6.07) is 33.0. The van der Waals surface area contributed by atoms with Gasteiger partial charge in [0, 0.05) is 42.8 Å². The summed E-state index contributed by atoms with van der Waals surface area (Å²) in [6.45, 7) is 1.40. The number of rotatable bonds is 9. The van der Waals surface area contributed by atoms with Gasteiger partial charge in [-0.25, -0.2) is 4.52 Å².